The Hall–Kier alpha value is -0.880. The fourth-order valence-corrected chi connectivity index (χ4v) is 2.35. The summed E-state index contributed by atoms with van der Waals surface area (Å²) in [5.74, 6) is -0.316. The maximum atomic E-state index is 11.9. The summed E-state index contributed by atoms with van der Waals surface area (Å²) in [5, 5.41) is 0. The minimum absolute atomic E-state index is 0.289. The van der Waals surface area contributed by atoms with E-state index in [0.29, 0.717) is 5.56 Å². The number of carbonyl (C=O) groups is 1. The van der Waals surface area contributed by atoms with Crippen LogP contribution in [0.15, 0.2) is 53.0 Å². The Morgan fingerprint density at radius 2 is 1.89 bits per heavy atom. The molecule has 0 N–H and O–H groups in total. The Labute approximate surface area is 128 Å². The van der Waals surface area contributed by atoms with Gasteiger partial charge in [-0.05, 0) is 62.3 Å². The Morgan fingerprint density at radius 3 is 2.61 bits per heavy atom. The number of hydrogen-bond acceptors (Lipinski definition) is 2. The summed E-state index contributed by atoms with van der Waals surface area (Å²) >= 11 is 5.52. The van der Waals surface area contributed by atoms with Gasteiger partial charge < -0.3 is 4.74 Å². The zero-order chi connectivity index (χ0) is 13.0. The number of ether oxygens (including phenoxy) is 1. The monoisotopic (exact) mass is 416 g/mol. The predicted octanol–water partition coefficient (Wildman–Crippen LogP) is 4.41. The highest BCUT2D eigenvalue weighted by Crippen LogP contribution is 2.20. The van der Waals surface area contributed by atoms with Crippen LogP contribution in [-0.4, -0.2) is 5.97 Å². The molecule has 0 aliphatic rings. The third-order valence-electron chi connectivity index (χ3n) is 2.36. The SMILES string of the molecule is O=C(OCc1ccccc1)c1cc(I)ccc1Br. The molecule has 0 unspecified atom stereocenters. The van der Waals surface area contributed by atoms with Crippen molar-refractivity contribution in [3.05, 3.63) is 67.7 Å². The van der Waals surface area contributed by atoms with Crippen LogP contribution in [0.4, 0.5) is 0 Å². The van der Waals surface area contributed by atoms with Crippen LogP contribution in [0.3, 0.4) is 0 Å². The van der Waals surface area contributed by atoms with Gasteiger partial charge in [0.2, 0.25) is 0 Å². The van der Waals surface area contributed by atoms with Crippen molar-refractivity contribution in [3.63, 3.8) is 0 Å². The van der Waals surface area contributed by atoms with Crippen molar-refractivity contribution in [2.24, 2.45) is 0 Å². The van der Waals surface area contributed by atoms with Crippen LogP contribution >= 0.6 is 38.5 Å². The maximum Gasteiger partial charge on any atom is 0.339 e. The Bertz CT molecular complexity index is 555. The summed E-state index contributed by atoms with van der Waals surface area (Å²) in [6.07, 6.45) is 0. The number of rotatable bonds is 3. The van der Waals surface area contributed by atoms with Gasteiger partial charge in [-0.1, -0.05) is 30.3 Å². The van der Waals surface area contributed by atoms with Crippen LogP contribution in [0.25, 0.3) is 0 Å². The van der Waals surface area contributed by atoms with Crippen molar-refractivity contribution in [1.82, 2.24) is 0 Å². The van der Waals surface area contributed by atoms with Crippen LogP contribution in [-0.2, 0) is 11.3 Å². The molecule has 18 heavy (non-hydrogen) atoms. The first-order valence-electron chi connectivity index (χ1n) is 5.33. The molecule has 2 aromatic rings. The van der Waals surface area contributed by atoms with E-state index in [9.17, 15) is 4.79 Å². The van der Waals surface area contributed by atoms with Gasteiger partial charge in [-0.2, -0.15) is 0 Å². The maximum absolute atomic E-state index is 11.9. The van der Waals surface area contributed by atoms with Gasteiger partial charge in [-0.3, -0.25) is 0 Å². The van der Waals surface area contributed by atoms with E-state index in [2.05, 4.69) is 38.5 Å². The minimum atomic E-state index is -0.316. The zero-order valence-corrected chi connectivity index (χ0v) is 13.1. The molecule has 0 bridgehead atoms. The molecule has 4 heteroatoms. The van der Waals surface area contributed by atoms with Crippen molar-refractivity contribution in [1.29, 1.82) is 0 Å². The lowest BCUT2D eigenvalue weighted by Gasteiger charge is -2.07. The Kier molecular flexibility index (Phi) is 4.77. The topological polar surface area (TPSA) is 26.3 Å². The molecule has 92 valence electrons. The second-order valence-corrected chi connectivity index (χ2v) is 5.79. The van der Waals surface area contributed by atoms with Gasteiger partial charge in [-0.25, -0.2) is 4.79 Å². The molecule has 0 saturated heterocycles. The minimum Gasteiger partial charge on any atom is -0.457 e. The molecule has 0 aromatic heterocycles. The van der Waals surface area contributed by atoms with Crippen molar-refractivity contribution in [2.75, 3.05) is 0 Å². The summed E-state index contributed by atoms with van der Waals surface area (Å²) in [6, 6.07) is 15.2. The molecule has 0 fully saturated rings. The third-order valence-corrected chi connectivity index (χ3v) is 3.72. The lowest BCUT2D eigenvalue weighted by molar-refractivity contribution is 0.0471. The van der Waals surface area contributed by atoms with Gasteiger partial charge in [0.15, 0.2) is 0 Å². The first-order chi connectivity index (χ1) is 8.66. The summed E-state index contributed by atoms with van der Waals surface area (Å²) in [6.45, 7) is 0.289. The largest absolute Gasteiger partial charge is 0.457 e. The average Bonchev–Trinajstić information content (AvgIpc) is 2.40. The van der Waals surface area contributed by atoms with E-state index in [1.165, 1.54) is 0 Å². The predicted molar refractivity (Wildman–Crippen MR) is 82.4 cm³/mol. The van der Waals surface area contributed by atoms with Crippen molar-refractivity contribution in [2.45, 2.75) is 6.61 Å². The first kappa shape index (κ1) is 13.5. The summed E-state index contributed by atoms with van der Waals surface area (Å²) < 4.78 is 7.03. The molecule has 0 amide bonds. The van der Waals surface area contributed by atoms with E-state index >= 15 is 0 Å². The molecule has 2 rings (SSSR count). The van der Waals surface area contributed by atoms with E-state index in [1.807, 2.05) is 42.5 Å². The van der Waals surface area contributed by atoms with Crippen LogP contribution in [0.5, 0.6) is 0 Å². The smallest absolute Gasteiger partial charge is 0.339 e. The Balaban J connectivity index is 2.06. The molecule has 0 aliphatic carbocycles. The molecule has 0 radical (unpaired) electrons. The lowest BCUT2D eigenvalue weighted by atomic mass is 10.2. The zero-order valence-electron chi connectivity index (χ0n) is 9.40. The van der Waals surface area contributed by atoms with Crippen LogP contribution in [0, 0.1) is 3.57 Å². The second kappa shape index (κ2) is 6.33. The number of halogens is 2. The number of carbonyl (C=O) groups excluding carboxylic acids is 1. The normalized spacial score (nSPS) is 10.1. The van der Waals surface area contributed by atoms with E-state index in [0.717, 1.165) is 13.6 Å². The van der Waals surface area contributed by atoms with Gasteiger partial charge in [0.05, 0.1) is 5.56 Å². The molecule has 2 aromatic carbocycles. The second-order valence-electron chi connectivity index (χ2n) is 3.69. The van der Waals surface area contributed by atoms with E-state index in [1.54, 1.807) is 6.07 Å². The highest BCUT2D eigenvalue weighted by atomic mass is 127. The first-order valence-corrected chi connectivity index (χ1v) is 7.20. The van der Waals surface area contributed by atoms with Crippen LogP contribution < -0.4 is 0 Å². The molecule has 2 nitrogen and oxygen atoms in total. The van der Waals surface area contributed by atoms with E-state index in [-0.39, 0.29) is 12.6 Å². The number of hydrogen-bond donors (Lipinski definition) is 0. The standard InChI is InChI=1S/C14H10BrIO2/c15-13-7-6-11(16)8-12(13)14(17)18-9-10-4-2-1-3-5-10/h1-8H,9H2. The van der Waals surface area contributed by atoms with Crippen molar-refractivity contribution < 1.29 is 9.53 Å². The van der Waals surface area contributed by atoms with Crippen LogP contribution in [0.1, 0.15) is 15.9 Å². The van der Waals surface area contributed by atoms with Gasteiger partial charge in [0.25, 0.3) is 0 Å². The summed E-state index contributed by atoms with van der Waals surface area (Å²) in [5.41, 5.74) is 1.53. The molecule has 0 aliphatic heterocycles. The lowest BCUT2D eigenvalue weighted by Crippen LogP contribution is -2.06. The fraction of sp³-hybridized carbons (Fsp3) is 0.0714. The summed E-state index contributed by atoms with van der Waals surface area (Å²) in [4.78, 5) is 11.9. The molecule has 0 atom stereocenters. The average molecular weight is 417 g/mol. The highest BCUT2D eigenvalue weighted by Gasteiger charge is 2.11. The number of benzene rings is 2. The quantitative estimate of drug-likeness (QED) is 0.547. The van der Waals surface area contributed by atoms with Crippen molar-refractivity contribution in [3.8, 4) is 0 Å². The molecule has 0 heterocycles. The van der Waals surface area contributed by atoms with Gasteiger partial charge in [0, 0.05) is 8.04 Å². The van der Waals surface area contributed by atoms with Gasteiger partial charge in [-0.15, -0.1) is 0 Å². The molecule has 0 saturated carbocycles. The highest BCUT2D eigenvalue weighted by molar-refractivity contribution is 14.1. The molecular formula is C14H10BrIO2. The van der Waals surface area contributed by atoms with Gasteiger partial charge in [0.1, 0.15) is 6.61 Å². The number of esters is 1. The van der Waals surface area contributed by atoms with Crippen LogP contribution in [0.2, 0.25) is 0 Å². The molecule has 0 spiro atoms. The fourth-order valence-electron chi connectivity index (χ4n) is 1.45. The third kappa shape index (κ3) is 3.55. The van der Waals surface area contributed by atoms with E-state index in [4.69, 9.17) is 4.74 Å². The Morgan fingerprint density at radius 1 is 1.17 bits per heavy atom. The summed E-state index contributed by atoms with van der Waals surface area (Å²) in [7, 11) is 0. The van der Waals surface area contributed by atoms with Gasteiger partial charge >= 0.3 is 5.97 Å². The molecular weight excluding hydrogens is 407 g/mol. The van der Waals surface area contributed by atoms with E-state index < -0.39 is 0 Å². The van der Waals surface area contributed by atoms with Crippen molar-refractivity contribution >= 4 is 44.5 Å².